The highest BCUT2D eigenvalue weighted by Gasteiger charge is 2.34. The molecule has 1 fully saturated rings. The van der Waals surface area contributed by atoms with Crippen LogP contribution in [0.5, 0.6) is 0 Å². The average molecular weight is 158 g/mol. The predicted octanol–water partition coefficient (Wildman–Crippen LogP) is 0.0806. The number of hydrogen-bond acceptors (Lipinski definition) is 2. The van der Waals surface area contributed by atoms with Crippen LogP contribution in [0.15, 0.2) is 0 Å². The molecule has 0 aliphatic carbocycles. The lowest BCUT2D eigenvalue weighted by atomic mass is 10.3. The van der Waals surface area contributed by atoms with Crippen LogP contribution in [0.3, 0.4) is 0 Å². The molecule has 1 rings (SSSR count). The van der Waals surface area contributed by atoms with E-state index in [0.29, 0.717) is 6.54 Å². The van der Waals surface area contributed by atoms with Gasteiger partial charge in [0.15, 0.2) is 0 Å². The summed E-state index contributed by atoms with van der Waals surface area (Å²) in [5.41, 5.74) is 0. The average Bonchev–Trinajstić information content (AvgIpc) is 2.07. The topological polar surface area (TPSA) is 43.8 Å². The molecular formula is C7H14N2O2. The summed E-state index contributed by atoms with van der Waals surface area (Å²) in [6.07, 6.45) is -0.632. The molecule has 1 aliphatic heterocycles. The highest BCUT2D eigenvalue weighted by atomic mass is 16.3. The minimum atomic E-state index is -0.632. The van der Waals surface area contributed by atoms with Gasteiger partial charge in [0.2, 0.25) is 0 Å². The number of carbonyl (C=O) groups excluding carboxylic acids is 1. The maximum atomic E-state index is 11.2. The van der Waals surface area contributed by atoms with Gasteiger partial charge in [0.25, 0.3) is 0 Å². The zero-order valence-corrected chi connectivity index (χ0v) is 7.11. The summed E-state index contributed by atoms with van der Waals surface area (Å²) in [6.45, 7) is 4.19. The van der Waals surface area contributed by atoms with Crippen molar-refractivity contribution < 1.29 is 9.90 Å². The molecule has 2 amide bonds. The smallest absolute Gasteiger partial charge is 0.322 e. The van der Waals surface area contributed by atoms with Crippen molar-refractivity contribution in [2.24, 2.45) is 0 Å². The van der Waals surface area contributed by atoms with Crippen molar-refractivity contribution >= 4 is 6.03 Å². The first-order valence-electron chi connectivity index (χ1n) is 3.75. The predicted molar refractivity (Wildman–Crippen MR) is 41.0 cm³/mol. The van der Waals surface area contributed by atoms with E-state index in [0.717, 1.165) is 0 Å². The van der Waals surface area contributed by atoms with Gasteiger partial charge in [0.05, 0.1) is 6.54 Å². The van der Waals surface area contributed by atoms with Crippen molar-refractivity contribution in [3.05, 3.63) is 0 Å². The van der Waals surface area contributed by atoms with Gasteiger partial charge in [-0.3, -0.25) is 4.90 Å². The molecule has 0 spiro atoms. The molecular weight excluding hydrogens is 144 g/mol. The molecule has 0 aromatic heterocycles. The lowest BCUT2D eigenvalue weighted by Crippen LogP contribution is -2.39. The Labute approximate surface area is 66.4 Å². The van der Waals surface area contributed by atoms with Crippen LogP contribution >= 0.6 is 0 Å². The van der Waals surface area contributed by atoms with Crippen molar-refractivity contribution in [1.29, 1.82) is 0 Å². The summed E-state index contributed by atoms with van der Waals surface area (Å²) in [5, 5.41) is 9.36. The van der Waals surface area contributed by atoms with Crippen molar-refractivity contribution in [1.82, 2.24) is 9.80 Å². The Bertz CT molecular complexity index is 170. The second-order valence-electron chi connectivity index (χ2n) is 3.14. The Morgan fingerprint density at radius 3 is 2.36 bits per heavy atom. The van der Waals surface area contributed by atoms with Crippen LogP contribution in [0.25, 0.3) is 0 Å². The van der Waals surface area contributed by atoms with Crippen molar-refractivity contribution in [2.75, 3.05) is 13.6 Å². The number of likely N-dealkylation sites (N-methyl/N-ethyl adjacent to an activating group) is 1. The standard InChI is InChI=1S/C7H14N2O2/c1-5(2)9-6(10)4-8(3)7(9)11/h5-6,10H,4H2,1-3H3. The zero-order valence-electron chi connectivity index (χ0n) is 7.11. The number of aliphatic hydroxyl groups is 1. The molecule has 0 bridgehead atoms. The van der Waals surface area contributed by atoms with Crippen LogP contribution in [0.2, 0.25) is 0 Å². The molecule has 1 aliphatic rings. The number of hydrogen-bond donors (Lipinski definition) is 1. The Morgan fingerprint density at radius 2 is 2.18 bits per heavy atom. The summed E-state index contributed by atoms with van der Waals surface area (Å²) in [7, 11) is 1.69. The first-order chi connectivity index (χ1) is 5.04. The van der Waals surface area contributed by atoms with E-state index in [4.69, 9.17) is 0 Å². The van der Waals surface area contributed by atoms with Crippen molar-refractivity contribution in [3.63, 3.8) is 0 Å². The second-order valence-corrected chi connectivity index (χ2v) is 3.14. The van der Waals surface area contributed by atoms with E-state index in [1.807, 2.05) is 13.8 Å². The van der Waals surface area contributed by atoms with E-state index in [9.17, 15) is 9.90 Å². The molecule has 1 heterocycles. The number of rotatable bonds is 1. The Morgan fingerprint density at radius 1 is 1.64 bits per heavy atom. The molecule has 1 atom stereocenters. The first-order valence-corrected chi connectivity index (χ1v) is 3.75. The molecule has 1 unspecified atom stereocenters. The summed E-state index contributed by atoms with van der Waals surface area (Å²) in [4.78, 5) is 14.2. The number of urea groups is 1. The van der Waals surface area contributed by atoms with Gasteiger partial charge in [-0.1, -0.05) is 0 Å². The maximum absolute atomic E-state index is 11.2. The van der Waals surface area contributed by atoms with E-state index in [1.54, 1.807) is 7.05 Å². The maximum Gasteiger partial charge on any atom is 0.322 e. The molecule has 0 saturated carbocycles. The van der Waals surface area contributed by atoms with Crippen LogP contribution in [0, 0.1) is 0 Å². The first kappa shape index (κ1) is 8.33. The molecule has 1 saturated heterocycles. The monoisotopic (exact) mass is 158 g/mol. The fourth-order valence-electron chi connectivity index (χ4n) is 1.30. The largest absolute Gasteiger partial charge is 0.372 e. The summed E-state index contributed by atoms with van der Waals surface area (Å²) < 4.78 is 0. The fourth-order valence-corrected chi connectivity index (χ4v) is 1.30. The highest BCUT2D eigenvalue weighted by Crippen LogP contribution is 2.14. The van der Waals surface area contributed by atoms with E-state index in [-0.39, 0.29) is 12.1 Å². The molecule has 0 aromatic rings. The van der Waals surface area contributed by atoms with Crippen LogP contribution in [0.4, 0.5) is 4.79 Å². The molecule has 4 heteroatoms. The number of amides is 2. The third kappa shape index (κ3) is 1.30. The lowest BCUT2D eigenvalue weighted by Gasteiger charge is -2.22. The Hall–Kier alpha value is -0.770. The second kappa shape index (κ2) is 2.70. The fraction of sp³-hybridized carbons (Fsp3) is 0.857. The molecule has 0 radical (unpaired) electrons. The van der Waals surface area contributed by atoms with E-state index < -0.39 is 6.23 Å². The van der Waals surface area contributed by atoms with E-state index in [2.05, 4.69) is 0 Å². The van der Waals surface area contributed by atoms with Gasteiger partial charge in [-0.15, -0.1) is 0 Å². The van der Waals surface area contributed by atoms with Gasteiger partial charge < -0.3 is 10.0 Å². The third-order valence-corrected chi connectivity index (χ3v) is 1.86. The van der Waals surface area contributed by atoms with Gasteiger partial charge in [-0.2, -0.15) is 0 Å². The van der Waals surface area contributed by atoms with Gasteiger partial charge in [-0.25, -0.2) is 4.79 Å². The Kier molecular flexibility index (Phi) is 2.04. The van der Waals surface area contributed by atoms with Gasteiger partial charge in [0, 0.05) is 13.1 Å². The minimum absolute atomic E-state index is 0.0717. The van der Waals surface area contributed by atoms with Crippen LogP contribution in [-0.2, 0) is 0 Å². The Balaban J connectivity index is 2.72. The van der Waals surface area contributed by atoms with E-state index in [1.165, 1.54) is 9.80 Å². The zero-order chi connectivity index (χ0) is 8.59. The van der Waals surface area contributed by atoms with Gasteiger partial charge in [-0.05, 0) is 13.8 Å². The normalized spacial score (nSPS) is 25.5. The number of β-amino-alcohol motifs (C(OH)–C–C–N with tert-alkyl or cyclic N) is 1. The third-order valence-electron chi connectivity index (χ3n) is 1.86. The van der Waals surface area contributed by atoms with E-state index >= 15 is 0 Å². The molecule has 4 nitrogen and oxygen atoms in total. The SMILES string of the molecule is CC(C)N1C(=O)N(C)CC1O. The molecule has 1 N–H and O–H groups in total. The molecule has 0 aromatic carbocycles. The minimum Gasteiger partial charge on any atom is -0.372 e. The lowest BCUT2D eigenvalue weighted by molar-refractivity contribution is 0.0460. The van der Waals surface area contributed by atoms with Crippen molar-refractivity contribution in [3.8, 4) is 0 Å². The number of carbonyl (C=O) groups is 1. The molecule has 64 valence electrons. The highest BCUT2D eigenvalue weighted by molar-refractivity contribution is 5.76. The summed E-state index contributed by atoms with van der Waals surface area (Å²) in [5.74, 6) is 0. The van der Waals surface area contributed by atoms with Crippen molar-refractivity contribution in [2.45, 2.75) is 26.1 Å². The van der Waals surface area contributed by atoms with Crippen LogP contribution in [0.1, 0.15) is 13.8 Å². The summed E-state index contributed by atoms with van der Waals surface area (Å²) >= 11 is 0. The molecule has 11 heavy (non-hydrogen) atoms. The summed E-state index contributed by atoms with van der Waals surface area (Å²) in [6, 6.07) is -0.0186. The van der Waals surface area contributed by atoms with Crippen LogP contribution < -0.4 is 0 Å². The van der Waals surface area contributed by atoms with Gasteiger partial charge >= 0.3 is 6.03 Å². The van der Waals surface area contributed by atoms with Crippen LogP contribution in [-0.4, -0.2) is 46.8 Å². The van der Waals surface area contributed by atoms with Gasteiger partial charge in [0.1, 0.15) is 6.23 Å². The number of nitrogens with zero attached hydrogens (tertiary/aromatic N) is 2. The quantitative estimate of drug-likeness (QED) is 0.587. The number of aliphatic hydroxyl groups excluding tert-OH is 1.